The fourth-order valence-corrected chi connectivity index (χ4v) is 1.75. The van der Waals surface area contributed by atoms with E-state index < -0.39 is 11.5 Å². The van der Waals surface area contributed by atoms with Crippen molar-refractivity contribution in [1.29, 1.82) is 0 Å². The number of aliphatic hydroxyl groups is 1. The summed E-state index contributed by atoms with van der Waals surface area (Å²) in [5.41, 5.74) is 5.18. The highest BCUT2D eigenvalue weighted by molar-refractivity contribution is 5.83. The second kappa shape index (κ2) is 6.30. The summed E-state index contributed by atoms with van der Waals surface area (Å²) in [6, 6.07) is -0.272. The van der Waals surface area contributed by atoms with Crippen molar-refractivity contribution in [2.45, 2.75) is 25.5 Å². The Bertz CT molecular complexity index is 262. The summed E-state index contributed by atoms with van der Waals surface area (Å²) in [5.74, 6) is -0.118. The number of nitrogens with one attached hydrogen (secondary N) is 1. The van der Waals surface area contributed by atoms with E-state index >= 15 is 0 Å². The Morgan fingerprint density at radius 1 is 1.76 bits per heavy atom. The van der Waals surface area contributed by atoms with Crippen molar-refractivity contribution in [1.82, 2.24) is 5.32 Å². The van der Waals surface area contributed by atoms with E-state index in [2.05, 4.69) is 5.32 Å². The van der Waals surface area contributed by atoms with Gasteiger partial charge in [0.1, 0.15) is 0 Å². The molecule has 0 radical (unpaired) electrons. The highest BCUT2D eigenvalue weighted by atomic mass is 16.5. The van der Waals surface area contributed by atoms with E-state index in [9.17, 15) is 9.90 Å². The molecule has 0 spiro atoms. The van der Waals surface area contributed by atoms with Crippen LogP contribution >= 0.6 is 0 Å². The van der Waals surface area contributed by atoms with Crippen molar-refractivity contribution in [3.63, 3.8) is 0 Å². The minimum atomic E-state index is -0.661. The molecule has 1 heterocycles. The molecule has 1 aliphatic rings. The molecular formula is C11H22N2O4. The Morgan fingerprint density at radius 3 is 3.00 bits per heavy atom. The van der Waals surface area contributed by atoms with E-state index in [1.165, 1.54) is 7.11 Å². The van der Waals surface area contributed by atoms with Gasteiger partial charge in [0.25, 0.3) is 0 Å². The highest BCUT2D eigenvalue weighted by Gasteiger charge is 2.44. The first-order valence-electron chi connectivity index (χ1n) is 5.79. The average Bonchev–Trinajstić information content (AvgIpc) is 2.61. The zero-order chi connectivity index (χ0) is 12.9. The number of methoxy groups -OCH3 is 1. The molecule has 0 aromatic carbocycles. The molecule has 0 saturated carbocycles. The summed E-state index contributed by atoms with van der Waals surface area (Å²) in [6.45, 7) is 3.24. The quantitative estimate of drug-likeness (QED) is 0.551. The van der Waals surface area contributed by atoms with Crippen LogP contribution in [-0.2, 0) is 14.3 Å². The molecule has 1 rings (SSSR count). The number of hydrogen-bond donors (Lipinski definition) is 3. The number of carbonyl (C=O) groups is 1. The predicted molar refractivity (Wildman–Crippen MR) is 62.4 cm³/mol. The molecule has 1 amide bonds. The summed E-state index contributed by atoms with van der Waals surface area (Å²) < 4.78 is 10.00. The molecule has 0 aliphatic carbocycles. The van der Waals surface area contributed by atoms with E-state index in [1.807, 2.05) is 0 Å². The lowest BCUT2D eigenvalue weighted by Gasteiger charge is -2.25. The van der Waals surface area contributed by atoms with Crippen molar-refractivity contribution in [3.05, 3.63) is 0 Å². The van der Waals surface area contributed by atoms with Crippen LogP contribution in [-0.4, -0.2) is 56.6 Å². The van der Waals surface area contributed by atoms with Crippen LogP contribution in [0.15, 0.2) is 0 Å². The smallest absolute Gasteiger partial charge is 0.229 e. The van der Waals surface area contributed by atoms with E-state index in [1.54, 1.807) is 6.92 Å². The van der Waals surface area contributed by atoms with Gasteiger partial charge in [0.15, 0.2) is 0 Å². The van der Waals surface area contributed by atoms with Gasteiger partial charge in [0.2, 0.25) is 5.91 Å². The molecule has 3 unspecified atom stereocenters. The van der Waals surface area contributed by atoms with Gasteiger partial charge in [-0.15, -0.1) is 0 Å². The van der Waals surface area contributed by atoms with E-state index in [4.69, 9.17) is 15.2 Å². The van der Waals surface area contributed by atoms with E-state index in [0.29, 0.717) is 26.2 Å². The molecule has 1 aliphatic heterocycles. The normalized spacial score (nSPS) is 30.2. The lowest BCUT2D eigenvalue weighted by atomic mass is 9.85. The van der Waals surface area contributed by atoms with Crippen LogP contribution in [0.3, 0.4) is 0 Å². The molecule has 4 N–H and O–H groups in total. The molecule has 100 valence electrons. The van der Waals surface area contributed by atoms with E-state index in [0.717, 1.165) is 0 Å². The maximum atomic E-state index is 11.9. The fourth-order valence-electron chi connectivity index (χ4n) is 1.75. The molecule has 3 atom stereocenters. The van der Waals surface area contributed by atoms with Gasteiger partial charge < -0.3 is 25.6 Å². The first-order valence-corrected chi connectivity index (χ1v) is 5.79. The number of nitrogens with two attached hydrogens (primary N) is 1. The monoisotopic (exact) mass is 246 g/mol. The summed E-state index contributed by atoms with van der Waals surface area (Å²) in [7, 11) is 1.53. The average molecular weight is 246 g/mol. The van der Waals surface area contributed by atoms with Gasteiger partial charge in [0.05, 0.1) is 31.3 Å². The third kappa shape index (κ3) is 3.64. The van der Waals surface area contributed by atoms with Crippen molar-refractivity contribution in [2.75, 3.05) is 33.5 Å². The van der Waals surface area contributed by atoms with Gasteiger partial charge in [-0.3, -0.25) is 4.79 Å². The Hall–Kier alpha value is -0.690. The van der Waals surface area contributed by atoms with Crippen LogP contribution in [0.25, 0.3) is 0 Å². The fraction of sp³-hybridized carbons (Fsp3) is 0.909. The lowest BCUT2D eigenvalue weighted by Crippen LogP contribution is -2.50. The number of amides is 1. The van der Waals surface area contributed by atoms with Gasteiger partial charge in [-0.1, -0.05) is 0 Å². The molecule has 0 bridgehead atoms. The number of hydrogen-bond acceptors (Lipinski definition) is 5. The Labute approximate surface area is 101 Å². The van der Waals surface area contributed by atoms with Crippen molar-refractivity contribution >= 4 is 5.91 Å². The van der Waals surface area contributed by atoms with Crippen LogP contribution < -0.4 is 11.1 Å². The lowest BCUT2D eigenvalue weighted by molar-refractivity contribution is -0.130. The highest BCUT2D eigenvalue weighted by Crippen LogP contribution is 2.26. The molecule has 6 heteroatoms. The van der Waals surface area contributed by atoms with Crippen LogP contribution in [0.4, 0.5) is 0 Å². The minimum Gasteiger partial charge on any atom is -0.391 e. The molecule has 6 nitrogen and oxygen atoms in total. The first-order chi connectivity index (χ1) is 8.00. The summed E-state index contributed by atoms with van der Waals surface area (Å²) in [5, 5.41) is 12.2. The minimum absolute atomic E-state index is 0.118. The van der Waals surface area contributed by atoms with Crippen LogP contribution in [0, 0.1) is 5.41 Å². The number of carbonyl (C=O) groups excluding carboxylic acids is 1. The predicted octanol–water partition coefficient (Wildman–Crippen LogP) is -1.14. The zero-order valence-corrected chi connectivity index (χ0v) is 10.4. The Kier molecular flexibility index (Phi) is 5.32. The van der Waals surface area contributed by atoms with Crippen LogP contribution in [0.2, 0.25) is 0 Å². The molecule has 1 fully saturated rings. The maximum absolute atomic E-state index is 11.9. The van der Waals surface area contributed by atoms with Gasteiger partial charge in [-0.2, -0.15) is 0 Å². The first kappa shape index (κ1) is 14.4. The third-order valence-electron chi connectivity index (χ3n) is 3.16. The van der Waals surface area contributed by atoms with Gasteiger partial charge in [-0.05, 0) is 13.3 Å². The molecular weight excluding hydrogens is 224 g/mol. The maximum Gasteiger partial charge on any atom is 0.229 e. The van der Waals surface area contributed by atoms with Crippen molar-refractivity contribution in [3.8, 4) is 0 Å². The van der Waals surface area contributed by atoms with Crippen molar-refractivity contribution < 1.29 is 19.4 Å². The zero-order valence-electron chi connectivity index (χ0n) is 10.4. The summed E-state index contributed by atoms with van der Waals surface area (Å²) in [6.07, 6.45) is -0.0900. The summed E-state index contributed by atoms with van der Waals surface area (Å²) >= 11 is 0. The van der Waals surface area contributed by atoms with Crippen molar-refractivity contribution in [2.24, 2.45) is 11.1 Å². The SMILES string of the molecule is COCC(O)CCNC(=O)C1(C)COCC1N. The molecule has 0 aromatic rings. The standard InChI is InChI=1S/C11H22N2O4/c1-11(7-17-6-9(11)12)10(15)13-4-3-8(14)5-16-2/h8-9,14H,3-7,12H2,1-2H3,(H,13,15). The summed E-state index contributed by atoms with van der Waals surface area (Å²) in [4.78, 5) is 11.9. The van der Waals surface area contributed by atoms with Gasteiger partial charge in [-0.25, -0.2) is 0 Å². The second-order valence-electron chi connectivity index (χ2n) is 4.69. The largest absolute Gasteiger partial charge is 0.391 e. The molecule has 1 saturated heterocycles. The van der Waals surface area contributed by atoms with Crippen LogP contribution in [0.1, 0.15) is 13.3 Å². The van der Waals surface area contributed by atoms with Gasteiger partial charge >= 0.3 is 0 Å². The van der Waals surface area contributed by atoms with Crippen LogP contribution in [0.5, 0.6) is 0 Å². The third-order valence-corrected chi connectivity index (χ3v) is 3.16. The van der Waals surface area contributed by atoms with E-state index in [-0.39, 0.29) is 18.6 Å². The molecule has 0 aromatic heterocycles. The number of ether oxygens (including phenoxy) is 2. The topological polar surface area (TPSA) is 93.8 Å². The Morgan fingerprint density at radius 2 is 2.47 bits per heavy atom. The van der Waals surface area contributed by atoms with Gasteiger partial charge in [0, 0.05) is 19.7 Å². The number of aliphatic hydroxyl groups excluding tert-OH is 1. The second-order valence-corrected chi connectivity index (χ2v) is 4.69. The number of rotatable bonds is 6. The molecule has 17 heavy (non-hydrogen) atoms. The Balaban J connectivity index is 2.30.